The summed E-state index contributed by atoms with van der Waals surface area (Å²) in [5.41, 5.74) is 0.555. The normalized spacial score (nSPS) is 20.5. The number of esters is 1. The quantitative estimate of drug-likeness (QED) is 0.578. The first-order chi connectivity index (χ1) is 16.4. The third-order valence-electron chi connectivity index (χ3n) is 6.05. The topological polar surface area (TPSA) is 93.2 Å². The van der Waals surface area contributed by atoms with Crippen LogP contribution >= 0.6 is 0 Å². The fourth-order valence-electron chi connectivity index (χ4n) is 4.16. The zero-order valence-electron chi connectivity index (χ0n) is 18.6. The Hall–Kier alpha value is -2.82. The minimum Gasteiger partial charge on any atom is -0.447 e. The highest BCUT2D eigenvalue weighted by atomic mass is 32.2. The van der Waals surface area contributed by atoms with E-state index in [1.54, 1.807) is 35.2 Å². The van der Waals surface area contributed by atoms with E-state index in [0.717, 1.165) is 12.1 Å². The number of benzene rings is 2. The Morgan fingerprint density at radius 3 is 2.35 bits per heavy atom. The SMILES string of the molecule is O=C(O[C@H](C(=O)N1CCOCC1)c1ccccc1)[C@H]1CCCN(S(=O)(=O)c2ccc(F)cc2)C1. The average Bonchev–Trinajstić information content (AvgIpc) is 2.88. The van der Waals surface area contributed by atoms with Crippen molar-refractivity contribution in [3.8, 4) is 0 Å². The first-order valence-corrected chi connectivity index (χ1v) is 12.7. The summed E-state index contributed by atoms with van der Waals surface area (Å²) >= 11 is 0. The molecule has 2 fully saturated rings. The lowest BCUT2D eigenvalue weighted by molar-refractivity contribution is -0.166. The maximum Gasteiger partial charge on any atom is 0.311 e. The van der Waals surface area contributed by atoms with Gasteiger partial charge in [0.05, 0.1) is 24.0 Å². The molecule has 0 aliphatic carbocycles. The van der Waals surface area contributed by atoms with Gasteiger partial charge in [0.1, 0.15) is 5.82 Å². The van der Waals surface area contributed by atoms with E-state index in [0.29, 0.717) is 44.7 Å². The van der Waals surface area contributed by atoms with Crippen molar-refractivity contribution in [3.05, 3.63) is 66.0 Å². The summed E-state index contributed by atoms with van der Waals surface area (Å²) in [5.74, 6) is -2.19. The largest absolute Gasteiger partial charge is 0.447 e. The number of hydrogen-bond donors (Lipinski definition) is 0. The van der Waals surface area contributed by atoms with Crippen LogP contribution in [0.15, 0.2) is 59.5 Å². The Morgan fingerprint density at radius 1 is 1.00 bits per heavy atom. The number of hydrogen-bond acceptors (Lipinski definition) is 6. The highest BCUT2D eigenvalue weighted by Crippen LogP contribution is 2.28. The number of halogens is 1. The number of morpholine rings is 1. The van der Waals surface area contributed by atoms with Gasteiger partial charge in [-0.25, -0.2) is 12.8 Å². The Bertz CT molecular complexity index is 1100. The van der Waals surface area contributed by atoms with E-state index in [2.05, 4.69) is 0 Å². The van der Waals surface area contributed by atoms with Gasteiger partial charge in [0, 0.05) is 31.7 Å². The van der Waals surface area contributed by atoms with E-state index in [4.69, 9.17) is 9.47 Å². The molecule has 182 valence electrons. The van der Waals surface area contributed by atoms with E-state index in [9.17, 15) is 22.4 Å². The molecule has 4 rings (SSSR count). The highest BCUT2D eigenvalue weighted by Gasteiger charge is 2.37. The molecule has 0 aromatic heterocycles. The van der Waals surface area contributed by atoms with E-state index in [1.807, 2.05) is 0 Å². The van der Waals surface area contributed by atoms with Crippen LogP contribution in [0.3, 0.4) is 0 Å². The Morgan fingerprint density at radius 2 is 1.68 bits per heavy atom. The molecular formula is C24H27FN2O6S. The highest BCUT2D eigenvalue weighted by molar-refractivity contribution is 7.89. The monoisotopic (exact) mass is 490 g/mol. The second-order valence-electron chi connectivity index (χ2n) is 8.32. The predicted molar refractivity (Wildman–Crippen MR) is 121 cm³/mol. The average molecular weight is 491 g/mol. The molecule has 8 nitrogen and oxygen atoms in total. The Labute approximate surface area is 198 Å². The van der Waals surface area contributed by atoms with Crippen LogP contribution in [0.1, 0.15) is 24.5 Å². The standard InChI is InChI=1S/C24H27FN2O6S/c25-20-8-10-21(11-9-20)34(30,31)27-12-4-7-19(17-27)24(29)33-22(18-5-2-1-3-6-18)23(28)26-13-15-32-16-14-26/h1-3,5-6,8-11,19,22H,4,7,12-17H2/t19-,22-/m0/s1. The lowest BCUT2D eigenvalue weighted by atomic mass is 9.99. The van der Waals surface area contributed by atoms with Crippen LogP contribution in [0.2, 0.25) is 0 Å². The predicted octanol–water partition coefficient (Wildman–Crippen LogP) is 2.37. The molecule has 0 N–H and O–H groups in total. The molecule has 2 aromatic rings. The number of nitrogens with zero attached hydrogens (tertiary/aromatic N) is 2. The van der Waals surface area contributed by atoms with Crippen molar-refractivity contribution in [2.75, 3.05) is 39.4 Å². The third kappa shape index (κ3) is 5.45. The fourth-order valence-corrected chi connectivity index (χ4v) is 5.68. The lowest BCUT2D eigenvalue weighted by Gasteiger charge is -2.33. The van der Waals surface area contributed by atoms with Crippen molar-refractivity contribution < 1.29 is 31.9 Å². The number of ether oxygens (including phenoxy) is 2. The Balaban J connectivity index is 1.49. The van der Waals surface area contributed by atoms with Gasteiger partial charge in [0.25, 0.3) is 5.91 Å². The molecule has 2 aromatic carbocycles. The summed E-state index contributed by atoms with van der Waals surface area (Å²) in [6.07, 6.45) is -0.203. The van der Waals surface area contributed by atoms with Crippen molar-refractivity contribution in [2.24, 2.45) is 5.92 Å². The Kier molecular flexibility index (Phi) is 7.60. The number of amides is 1. The van der Waals surface area contributed by atoms with Crippen LogP contribution in [0.25, 0.3) is 0 Å². The number of carbonyl (C=O) groups excluding carboxylic acids is 2. The maximum absolute atomic E-state index is 13.2. The molecule has 1 amide bonds. The smallest absolute Gasteiger partial charge is 0.311 e. The second-order valence-corrected chi connectivity index (χ2v) is 10.3. The molecule has 0 saturated carbocycles. The van der Waals surface area contributed by atoms with Gasteiger partial charge in [0.15, 0.2) is 0 Å². The molecule has 2 aliphatic rings. The summed E-state index contributed by atoms with van der Waals surface area (Å²) in [6, 6.07) is 13.4. The van der Waals surface area contributed by atoms with Crippen LogP contribution in [-0.4, -0.2) is 68.9 Å². The number of carbonyl (C=O) groups is 2. The first kappa shape index (κ1) is 24.3. The van der Waals surface area contributed by atoms with Gasteiger partial charge in [-0.2, -0.15) is 4.31 Å². The molecule has 2 heterocycles. The molecular weight excluding hydrogens is 463 g/mol. The number of piperidine rings is 1. The molecule has 10 heteroatoms. The van der Waals surface area contributed by atoms with E-state index in [1.165, 1.54) is 16.4 Å². The van der Waals surface area contributed by atoms with E-state index in [-0.39, 0.29) is 23.9 Å². The minimum absolute atomic E-state index is 0.0347. The molecule has 2 saturated heterocycles. The zero-order chi connectivity index (χ0) is 24.1. The van der Waals surface area contributed by atoms with Gasteiger partial charge >= 0.3 is 5.97 Å². The van der Waals surface area contributed by atoms with Gasteiger partial charge in [-0.15, -0.1) is 0 Å². The maximum atomic E-state index is 13.2. The van der Waals surface area contributed by atoms with Gasteiger partial charge in [-0.05, 0) is 37.1 Å². The molecule has 2 atom stereocenters. The molecule has 0 bridgehead atoms. The summed E-state index contributed by atoms with van der Waals surface area (Å²) in [7, 11) is -3.89. The first-order valence-electron chi connectivity index (χ1n) is 11.2. The number of sulfonamides is 1. The van der Waals surface area contributed by atoms with Crippen molar-refractivity contribution in [1.82, 2.24) is 9.21 Å². The molecule has 0 spiro atoms. The minimum atomic E-state index is -3.89. The fraction of sp³-hybridized carbons (Fsp3) is 0.417. The summed E-state index contributed by atoms with van der Waals surface area (Å²) in [6.45, 7) is 1.84. The van der Waals surface area contributed by atoms with Crippen LogP contribution in [0.4, 0.5) is 4.39 Å². The summed E-state index contributed by atoms with van der Waals surface area (Å²) in [5, 5.41) is 0. The van der Waals surface area contributed by atoms with Gasteiger partial charge in [-0.3, -0.25) is 9.59 Å². The van der Waals surface area contributed by atoms with Crippen LogP contribution in [-0.2, 0) is 29.1 Å². The zero-order valence-corrected chi connectivity index (χ0v) is 19.5. The van der Waals surface area contributed by atoms with Gasteiger partial charge in [0.2, 0.25) is 16.1 Å². The van der Waals surface area contributed by atoms with Crippen molar-refractivity contribution in [1.29, 1.82) is 0 Å². The third-order valence-corrected chi connectivity index (χ3v) is 7.93. The lowest BCUT2D eigenvalue weighted by Crippen LogP contribution is -2.46. The molecule has 2 aliphatic heterocycles. The van der Waals surface area contributed by atoms with Crippen molar-refractivity contribution >= 4 is 21.9 Å². The van der Waals surface area contributed by atoms with Gasteiger partial charge in [-0.1, -0.05) is 30.3 Å². The van der Waals surface area contributed by atoms with Crippen molar-refractivity contribution in [3.63, 3.8) is 0 Å². The molecule has 0 unspecified atom stereocenters. The van der Waals surface area contributed by atoms with Crippen LogP contribution in [0, 0.1) is 11.7 Å². The van der Waals surface area contributed by atoms with Crippen LogP contribution < -0.4 is 0 Å². The second kappa shape index (κ2) is 10.6. The van der Waals surface area contributed by atoms with E-state index < -0.39 is 33.8 Å². The van der Waals surface area contributed by atoms with Crippen LogP contribution in [0.5, 0.6) is 0 Å². The number of rotatable bonds is 6. The molecule has 0 radical (unpaired) electrons. The van der Waals surface area contributed by atoms with E-state index >= 15 is 0 Å². The van der Waals surface area contributed by atoms with Gasteiger partial charge < -0.3 is 14.4 Å². The van der Waals surface area contributed by atoms with Crippen molar-refractivity contribution in [2.45, 2.75) is 23.8 Å². The summed E-state index contributed by atoms with van der Waals surface area (Å²) in [4.78, 5) is 27.9. The summed E-state index contributed by atoms with van der Waals surface area (Å²) < 4.78 is 51.5. The molecule has 34 heavy (non-hydrogen) atoms.